The van der Waals surface area contributed by atoms with E-state index in [0.717, 1.165) is 19.4 Å². The maximum absolute atomic E-state index is 13.7. The highest BCUT2D eigenvalue weighted by Crippen LogP contribution is 2.25. The van der Waals surface area contributed by atoms with Gasteiger partial charge in [-0.15, -0.1) is 0 Å². The molecule has 5 heteroatoms. The Morgan fingerprint density at radius 3 is 3.05 bits per heavy atom. The van der Waals surface area contributed by atoms with Crippen LogP contribution in [-0.4, -0.2) is 18.5 Å². The molecule has 0 saturated carbocycles. The van der Waals surface area contributed by atoms with E-state index >= 15 is 0 Å². The van der Waals surface area contributed by atoms with Crippen molar-refractivity contribution in [3.8, 4) is 0 Å². The van der Waals surface area contributed by atoms with E-state index in [-0.39, 0.29) is 17.8 Å². The van der Waals surface area contributed by atoms with Crippen LogP contribution in [0.5, 0.6) is 0 Å². The van der Waals surface area contributed by atoms with Gasteiger partial charge in [0.25, 0.3) is 0 Å². The number of carbonyl (C=O) groups is 1. The van der Waals surface area contributed by atoms with E-state index in [0.29, 0.717) is 17.0 Å². The number of benzene rings is 1. The highest BCUT2D eigenvalue weighted by molar-refractivity contribution is 6.31. The molecule has 2 rings (SSSR count). The summed E-state index contributed by atoms with van der Waals surface area (Å²) in [6, 6.07) is 4.34. The lowest BCUT2D eigenvalue weighted by Gasteiger charge is -2.18. The first-order chi connectivity index (χ1) is 9.08. The van der Waals surface area contributed by atoms with E-state index in [9.17, 15) is 9.18 Å². The number of amides is 1. The third-order valence-corrected chi connectivity index (χ3v) is 3.73. The van der Waals surface area contributed by atoms with Crippen LogP contribution in [0.3, 0.4) is 0 Å². The summed E-state index contributed by atoms with van der Waals surface area (Å²) in [4.78, 5) is 11.9. The lowest BCUT2D eigenvalue weighted by Crippen LogP contribution is -2.33. The van der Waals surface area contributed by atoms with Gasteiger partial charge in [-0.25, -0.2) is 4.39 Å². The summed E-state index contributed by atoms with van der Waals surface area (Å²) in [7, 11) is 0. The van der Waals surface area contributed by atoms with Crippen molar-refractivity contribution in [3.05, 3.63) is 34.6 Å². The molecule has 19 heavy (non-hydrogen) atoms. The number of nitrogens with one attached hydrogen (secondary N) is 2. The predicted octanol–water partition coefficient (Wildman–Crippen LogP) is 2.80. The Kier molecular flexibility index (Phi) is 4.77. The van der Waals surface area contributed by atoms with Gasteiger partial charge in [0, 0.05) is 23.0 Å². The Bertz CT molecular complexity index is 441. The Balaban J connectivity index is 1.96. The molecule has 1 fully saturated rings. The molecule has 1 aliphatic heterocycles. The van der Waals surface area contributed by atoms with Gasteiger partial charge in [-0.3, -0.25) is 4.79 Å². The van der Waals surface area contributed by atoms with Crippen molar-refractivity contribution in [2.45, 2.75) is 38.3 Å². The minimum absolute atomic E-state index is 0.0776. The van der Waals surface area contributed by atoms with Crippen LogP contribution in [0.15, 0.2) is 18.2 Å². The Labute approximate surface area is 117 Å². The molecule has 1 heterocycles. The SMILES string of the molecule is CC(NC(=O)CC1CCCN1)c1c(F)cccc1Cl. The van der Waals surface area contributed by atoms with Crippen LogP contribution < -0.4 is 10.6 Å². The number of halogens is 2. The smallest absolute Gasteiger partial charge is 0.222 e. The summed E-state index contributed by atoms with van der Waals surface area (Å²) >= 11 is 5.97. The molecule has 0 aliphatic carbocycles. The molecule has 104 valence electrons. The molecule has 0 bridgehead atoms. The van der Waals surface area contributed by atoms with Crippen molar-refractivity contribution >= 4 is 17.5 Å². The van der Waals surface area contributed by atoms with Crippen LogP contribution in [0.4, 0.5) is 4.39 Å². The van der Waals surface area contributed by atoms with Gasteiger partial charge in [0.2, 0.25) is 5.91 Å². The quantitative estimate of drug-likeness (QED) is 0.893. The average molecular weight is 285 g/mol. The van der Waals surface area contributed by atoms with Gasteiger partial charge >= 0.3 is 0 Å². The summed E-state index contributed by atoms with van der Waals surface area (Å²) < 4.78 is 13.7. The van der Waals surface area contributed by atoms with Gasteiger partial charge in [-0.05, 0) is 38.4 Å². The standard InChI is InChI=1S/C14H18ClFN2O/c1-9(14-11(15)5-2-6-12(14)16)18-13(19)8-10-4-3-7-17-10/h2,5-6,9-10,17H,3-4,7-8H2,1H3,(H,18,19). The molecule has 1 aromatic rings. The molecule has 0 aromatic heterocycles. The highest BCUT2D eigenvalue weighted by Gasteiger charge is 2.21. The van der Waals surface area contributed by atoms with Crippen LogP contribution >= 0.6 is 11.6 Å². The van der Waals surface area contributed by atoms with Gasteiger partial charge in [-0.1, -0.05) is 17.7 Å². The number of rotatable bonds is 4. The molecule has 0 spiro atoms. The van der Waals surface area contributed by atoms with Crippen molar-refractivity contribution in [1.29, 1.82) is 0 Å². The largest absolute Gasteiger partial charge is 0.349 e. The maximum Gasteiger partial charge on any atom is 0.222 e. The molecule has 2 atom stereocenters. The molecule has 1 amide bonds. The lowest BCUT2D eigenvalue weighted by atomic mass is 10.1. The summed E-state index contributed by atoms with van der Waals surface area (Å²) in [5.41, 5.74) is 0.344. The predicted molar refractivity (Wildman–Crippen MR) is 73.6 cm³/mol. The van der Waals surface area contributed by atoms with Crippen molar-refractivity contribution < 1.29 is 9.18 Å². The Hall–Kier alpha value is -1.13. The van der Waals surface area contributed by atoms with Crippen LogP contribution in [0.25, 0.3) is 0 Å². The number of hydrogen-bond donors (Lipinski definition) is 2. The van der Waals surface area contributed by atoms with Gasteiger partial charge < -0.3 is 10.6 Å². The zero-order chi connectivity index (χ0) is 13.8. The molecule has 1 aromatic carbocycles. The first-order valence-corrected chi connectivity index (χ1v) is 6.92. The van der Waals surface area contributed by atoms with Crippen LogP contribution in [-0.2, 0) is 4.79 Å². The van der Waals surface area contributed by atoms with Crippen LogP contribution in [0.2, 0.25) is 5.02 Å². The fourth-order valence-electron chi connectivity index (χ4n) is 2.45. The summed E-state index contributed by atoms with van der Waals surface area (Å²) in [5, 5.41) is 6.40. The van der Waals surface area contributed by atoms with Crippen LogP contribution in [0.1, 0.15) is 37.8 Å². The summed E-state index contributed by atoms with van der Waals surface area (Å²) in [5.74, 6) is -0.467. The first kappa shape index (κ1) is 14.3. The minimum atomic E-state index is -0.428. The molecular weight excluding hydrogens is 267 g/mol. The van der Waals surface area contributed by atoms with E-state index in [2.05, 4.69) is 10.6 Å². The maximum atomic E-state index is 13.7. The molecule has 3 nitrogen and oxygen atoms in total. The van der Waals surface area contributed by atoms with Gasteiger partial charge in [0.15, 0.2) is 0 Å². The molecular formula is C14H18ClFN2O. The van der Waals surface area contributed by atoms with Crippen molar-refractivity contribution in [3.63, 3.8) is 0 Å². The van der Waals surface area contributed by atoms with E-state index in [1.165, 1.54) is 6.07 Å². The lowest BCUT2D eigenvalue weighted by molar-refractivity contribution is -0.122. The highest BCUT2D eigenvalue weighted by atomic mass is 35.5. The van der Waals surface area contributed by atoms with Crippen molar-refractivity contribution in [2.24, 2.45) is 0 Å². The average Bonchev–Trinajstić information content (AvgIpc) is 2.81. The monoisotopic (exact) mass is 284 g/mol. The van der Waals surface area contributed by atoms with E-state index < -0.39 is 6.04 Å². The second kappa shape index (κ2) is 6.35. The Morgan fingerprint density at radius 1 is 1.63 bits per heavy atom. The number of carbonyl (C=O) groups excluding carboxylic acids is 1. The van der Waals surface area contributed by atoms with Crippen molar-refractivity contribution in [2.75, 3.05) is 6.54 Å². The molecule has 1 aliphatic rings. The van der Waals surface area contributed by atoms with Gasteiger partial charge in [0.05, 0.1) is 6.04 Å². The second-order valence-electron chi connectivity index (χ2n) is 4.92. The molecule has 0 radical (unpaired) electrons. The third-order valence-electron chi connectivity index (χ3n) is 3.40. The van der Waals surface area contributed by atoms with Crippen molar-refractivity contribution in [1.82, 2.24) is 10.6 Å². The normalized spacial score (nSPS) is 20.3. The van der Waals surface area contributed by atoms with E-state index in [4.69, 9.17) is 11.6 Å². The third kappa shape index (κ3) is 3.67. The molecule has 1 saturated heterocycles. The molecule has 2 unspecified atom stereocenters. The fraction of sp³-hybridized carbons (Fsp3) is 0.500. The summed E-state index contributed by atoms with van der Waals surface area (Å²) in [6.45, 7) is 2.71. The van der Waals surface area contributed by atoms with Gasteiger partial charge in [0.1, 0.15) is 5.82 Å². The van der Waals surface area contributed by atoms with Gasteiger partial charge in [-0.2, -0.15) is 0 Å². The van der Waals surface area contributed by atoms with Crippen LogP contribution in [0, 0.1) is 5.82 Å². The summed E-state index contributed by atoms with van der Waals surface area (Å²) in [6.07, 6.45) is 2.55. The fourth-order valence-corrected chi connectivity index (χ4v) is 2.78. The zero-order valence-electron chi connectivity index (χ0n) is 10.9. The minimum Gasteiger partial charge on any atom is -0.349 e. The number of hydrogen-bond acceptors (Lipinski definition) is 2. The first-order valence-electron chi connectivity index (χ1n) is 6.54. The topological polar surface area (TPSA) is 41.1 Å². The van der Waals surface area contributed by atoms with E-state index in [1.54, 1.807) is 19.1 Å². The molecule has 2 N–H and O–H groups in total. The second-order valence-corrected chi connectivity index (χ2v) is 5.33. The zero-order valence-corrected chi connectivity index (χ0v) is 11.6. The Morgan fingerprint density at radius 2 is 2.42 bits per heavy atom. The van der Waals surface area contributed by atoms with E-state index in [1.807, 2.05) is 0 Å².